The molecule has 0 spiro atoms. The first-order chi connectivity index (χ1) is 7.42. The van der Waals surface area contributed by atoms with E-state index in [-0.39, 0.29) is 0 Å². The first-order valence-corrected chi connectivity index (χ1v) is 6.69. The smallest absolute Gasteiger partial charge is 0.0795 e. The molecule has 1 atom stereocenters. The van der Waals surface area contributed by atoms with E-state index in [2.05, 4.69) is 20.6 Å². The molecule has 4 heteroatoms. The Morgan fingerprint density at radius 3 is 3.20 bits per heavy atom. The Labute approximate surface area is 94.5 Å². The zero-order valence-electron chi connectivity index (χ0n) is 8.85. The molecule has 1 aromatic rings. The van der Waals surface area contributed by atoms with Crippen molar-refractivity contribution in [3.8, 4) is 0 Å². The maximum Gasteiger partial charge on any atom is 0.0795 e. The number of hydrogen-bond donors (Lipinski definition) is 1. The Bertz CT molecular complexity index is 308. The first kappa shape index (κ1) is 9.75. The molecule has 1 N–H and O–H groups in total. The van der Waals surface area contributed by atoms with Gasteiger partial charge in [-0.15, -0.1) is 11.3 Å². The number of hydrogen-bond acceptors (Lipinski definition) is 4. The number of piperazine rings is 1. The molecule has 1 aliphatic heterocycles. The Balaban J connectivity index is 1.56. The second-order valence-electron chi connectivity index (χ2n) is 4.61. The summed E-state index contributed by atoms with van der Waals surface area (Å²) in [4.78, 5) is 6.89. The SMILES string of the molecule is c1nc(CN2CCNC(C3CC3)C2)cs1. The van der Waals surface area contributed by atoms with Crippen LogP contribution in [-0.4, -0.2) is 35.6 Å². The van der Waals surface area contributed by atoms with Crippen molar-refractivity contribution < 1.29 is 0 Å². The van der Waals surface area contributed by atoms with Crippen LogP contribution in [0.15, 0.2) is 10.9 Å². The second-order valence-corrected chi connectivity index (χ2v) is 5.33. The normalized spacial score (nSPS) is 28.1. The highest BCUT2D eigenvalue weighted by atomic mass is 32.1. The van der Waals surface area contributed by atoms with Gasteiger partial charge < -0.3 is 5.32 Å². The van der Waals surface area contributed by atoms with Gasteiger partial charge in [0.2, 0.25) is 0 Å². The molecule has 3 rings (SSSR count). The number of nitrogens with zero attached hydrogens (tertiary/aromatic N) is 2. The van der Waals surface area contributed by atoms with Crippen LogP contribution in [0.1, 0.15) is 18.5 Å². The van der Waals surface area contributed by atoms with E-state index in [4.69, 9.17) is 0 Å². The van der Waals surface area contributed by atoms with E-state index in [0.29, 0.717) is 0 Å². The Hall–Kier alpha value is -0.450. The molecule has 0 bridgehead atoms. The summed E-state index contributed by atoms with van der Waals surface area (Å²) in [6.45, 7) is 4.56. The lowest BCUT2D eigenvalue weighted by Crippen LogP contribution is -2.51. The van der Waals surface area contributed by atoms with Crippen LogP contribution in [0.4, 0.5) is 0 Å². The predicted octanol–water partition coefficient (Wildman–Crippen LogP) is 1.33. The largest absolute Gasteiger partial charge is 0.311 e. The van der Waals surface area contributed by atoms with Crippen LogP contribution in [0.5, 0.6) is 0 Å². The fraction of sp³-hybridized carbons (Fsp3) is 0.727. The van der Waals surface area contributed by atoms with Gasteiger partial charge in [-0.25, -0.2) is 4.98 Å². The zero-order chi connectivity index (χ0) is 10.1. The fourth-order valence-corrected chi connectivity index (χ4v) is 2.89. The molecule has 3 nitrogen and oxygen atoms in total. The zero-order valence-corrected chi connectivity index (χ0v) is 9.67. The Morgan fingerprint density at radius 1 is 1.53 bits per heavy atom. The summed E-state index contributed by atoms with van der Waals surface area (Å²) in [6, 6.07) is 0.748. The first-order valence-electron chi connectivity index (χ1n) is 5.74. The molecule has 1 saturated carbocycles. The molecule has 0 aromatic carbocycles. The van der Waals surface area contributed by atoms with E-state index in [1.807, 2.05) is 5.51 Å². The lowest BCUT2D eigenvalue weighted by molar-refractivity contribution is 0.180. The summed E-state index contributed by atoms with van der Waals surface area (Å²) in [5, 5.41) is 5.79. The van der Waals surface area contributed by atoms with Crippen LogP contribution in [0.3, 0.4) is 0 Å². The molecule has 0 radical (unpaired) electrons. The minimum absolute atomic E-state index is 0.748. The van der Waals surface area contributed by atoms with Gasteiger partial charge in [-0.3, -0.25) is 4.90 Å². The summed E-state index contributed by atoms with van der Waals surface area (Å²) >= 11 is 1.69. The molecule has 1 aromatic heterocycles. The van der Waals surface area contributed by atoms with Crippen LogP contribution >= 0.6 is 11.3 Å². The van der Waals surface area contributed by atoms with E-state index < -0.39 is 0 Å². The van der Waals surface area contributed by atoms with Crippen LogP contribution in [-0.2, 0) is 6.54 Å². The van der Waals surface area contributed by atoms with Gasteiger partial charge in [0, 0.05) is 37.6 Å². The summed E-state index contributed by atoms with van der Waals surface area (Å²) in [6.07, 6.45) is 2.87. The minimum Gasteiger partial charge on any atom is -0.311 e. The average Bonchev–Trinajstić information content (AvgIpc) is 3.00. The van der Waals surface area contributed by atoms with Crippen molar-refractivity contribution in [3.63, 3.8) is 0 Å². The molecule has 2 aliphatic rings. The van der Waals surface area contributed by atoms with Gasteiger partial charge >= 0.3 is 0 Å². The standard InChI is InChI=1S/C11H17N3S/c1-2-9(1)11-6-14(4-3-12-11)5-10-7-15-8-13-10/h7-9,11-12H,1-6H2. The van der Waals surface area contributed by atoms with Crippen molar-refractivity contribution in [1.82, 2.24) is 15.2 Å². The van der Waals surface area contributed by atoms with Crippen molar-refractivity contribution >= 4 is 11.3 Å². The maximum absolute atomic E-state index is 4.35. The third kappa shape index (κ3) is 2.38. The number of thiazole rings is 1. The van der Waals surface area contributed by atoms with Crippen molar-refractivity contribution in [2.75, 3.05) is 19.6 Å². The van der Waals surface area contributed by atoms with Crippen LogP contribution < -0.4 is 5.32 Å². The third-order valence-corrected chi connectivity index (χ3v) is 3.98. The van der Waals surface area contributed by atoms with Crippen molar-refractivity contribution in [2.24, 2.45) is 5.92 Å². The topological polar surface area (TPSA) is 28.2 Å². The van der Waals surface area contributed by atoms with Crippen molar-refractivity contribution in [3.05, 3.63) is 16.6 Å². The van der Waals surface area contributed by atoms with E-state index >= 15 is 0 Å². The van der Waals surface area contributed by atoms with Crippen LogP contribution in [0.25, 0.3) is 0 Å². The minimum atomic E-state index is 0.748. The maximum atomic E-state index is 4.35. The fourth-order valence-electron chi connectivity index (χ4n) is 2.34. The molecule has 2 fully saturated rings. The van der Waals surface area contributed by atoms with Gasteiger partial charge in [-0.2, -0.15) is 0 Å². The summed E-state index contributed by atoms with van der Waals surface area (Å²) in [5.74, 6) is 0.961. The number of nitrogens with one attached hydrogen (secondary N) is 1. The highest BCUT2D eigenvalue weighted by Crippen LogP contribution is 2.33. The van der Waals surface area contributed by atoms with Gasteiger partial charge in [0.25, 0.3) is 0 Å². The third-order valence-electron chi connectivity index (χ3n) is 3.35. The van der Waals surface area contributed by atoms with E-state index in [0.717, 1.165) is 25.0 Å². The Kier molecular flexibility index (Phi) is 2.73. The van der Waals surface area contributed by atoms with Crippen LogP contribution in [0.2, 0.25) is 0 Å². The summed E-state index contributed by atoms with van der Waals surface area (Å²) in [5.41, 5.74) is 3.16. The monoisotopic (exact) mass is 223 g/mol. The van der Waals surface area contributed by atoms with E-state index in [1.165, 1.54) is 31.6 Å². The quantitative estimate of drug-likeness (QED) is 0.838. The van der Waals surface area contributed by atoms with Crippen molar-refractivity contribution in [1.29, 1.82) is 0 Å². The lowest BCUT2D eigenvalue weighted by atomic mass is 10.1. The highest BCUT2D eigenvalue weighted by Gasteiger charge is 2.33. The molecular weight excluding hydrogens is 206 g/mol. The van der Waals surface area contributed by atoms with Gasteiger partial charge in [0.05, 0.1) is 11.2 Å². The van der Waals surface area contributed by atoms with Gasteiger partial charge in [0.1, 0.15) is 0 Å². The highest BCUT2D eigenvalue weighted by molar-refractivity contribution is 7.07. The summed E-state index contributed by atoms with van der Waals surface area (Å²) < 4.78 is 0. The molecule has 1 aliphatic carbocycles. The number of rotatable bonds is 3. The molecule has 15 heavy (non-hydrogen) atoms. The molecular formula is C11H17N3S. The average molecular weight is 223 g/mol. The second kappa shape index (κ2) is 4.20. The Morgan fingerprint density at radius 2 is 2.47 bits per heavy atom. The predicted molar refractivity (Wildman–Crippen MR) is 61.9 cm³/mol. The number of aromatic nitrogens is 1. The van der Waals surface area contributed by atoms with Gasteiger partial charge in [0.15, 0.2) is 0 Å². The van der Waals surface area contributed by atoms with E-state index in [9.17, 15) is 0 Å². The van der Waals surface area contributed by atoms with Gasteiger partial charge in [-0.1, -0.05) is 0 Å². The summed E-state index contributed by atoms with van der Waals surface area (Å²) in [7, 11) is 0. The molecule has 1 saturated heterocycles. The molecule has 82 valence electrons. The molecule has 0 amide bonds. The lowest BCUT2D eigenvalue weighted by Gasteiger charge is -2.33. The molecule has 2 heterocycles. The van der Waals surface area contributed by atoms with Crippen molar-refractivity contribution in [2.45, 2.75) is 25.4 Å². The molecule has 1 unspecified atom stereocenters. The van der Waals surface area contributed by atoms with Gasteiger partial charge in [-0.05, 0) is 18.8 Å². The van der Waals surface area contributed by atoms with E-state index in [1.54, 1.807) is 11.3 Å². The van der Waals surface area contributed by atoms with Crippen LogP contribution in [0, 0.1) is 5.92 Å².